The Balaban J connectivity index is 1.78. The minimum absolute atomic E-state index is 0.606. The van der Waals surface area contributed by atoms with E-state index in [0.29, 0.717) is 12.0 Å². The fraction of sp³-hybridized carbons (Fsp3) is 0.690. The molecule has 2 rings (SSSR count). The lowest BCUT2D eigenvalue weighted by Crippen LogP contribution is -2.42. The minimum atomic E-state index is 0.606. The number of benzene rings is 1. The third-order valence-corrected chi connectivity index (χ3v) is 6.87. The molecule has 31 heavy (non-hydrogen) atoms. The monoisotopic (exact) mass is 425 g/mol. The Labute approximate surface area is 192 Å². The summed E-state index contributed by atoms with van der Waals surface area (Å²) >= 11 is 0. The van der Waals surface area contributed by atoms with Gasteiger partial charge in [-0.3, -0.25) is 4.98 Å². The van der Waals surface area contributed by atoms with Crippen LogP contribution in [0.5, 0.6) is 0 Å². The highest BCUT2D eigenvalue weighted by Crippen LogP contribution is 2.28. The number of H-pyrrole nitrogens is 1. The number of nitrogens with one attached hydrogen (secondary N) is 1. The highest BCUT2D eigenvalue weighted by molar-refractivity contribution is 5.15. The van der Waals surface area contributed by atoms with Crippen molar-refractivity contribution in [3.8, 4) is 0 Å². The average Bonchev–Trinajstić information content (AvgIpc) is 3.33. The molecular weight excluding hydrogens is 376 g/mol. The molecule has 2 unspecified atom stereocenters. The Bertz CT molecular complexity index is 619. The average molecular weight is 426 g/mol. The Morgan fingerprint density at radius 3 is 1.90 bits per heavy atom. The zero-order chi connectivity index (χ0) is 22.0. The van der Waals surface area contributed by atoms with Crippen LogP contribution >= 0.6 is 0 Å². The molecule has 0 bridgehead atoms. The van der Waals surface area contributed by atoms with Crippen molar-refractivity contribution in [3.63, 3.8) is 0 Å². The second kappa shape index (κ2) is 17.0. The molecule has 2 nitrogen and oxygen atoms in total. The summed E-state index contributed by atoms with van der Waals surface area (Å²) in [6, 6.07) is 11.8. The highest BCUT2D eigenvalue weighted by Gasteiger charge is 2.26. The maximum atomic E-state index is 3.28. The summed E-state index contributed by atoms with van der Waals surface area (Å²) in [4.78, 5) is 3.28. The van der Waals surface area contributed by atoms with Gasteiger partial charge in [-0.1, -0.05) is 121 Å². The standard InChI is InChI=1S/C29H48N2/c1-3-5-7-8-9-10-11-12-13-14-18-21-28(25-27-19-16-15-17-20-27)29(22-6-4-2)31-24-23-30-26-31/h15-17,19-20,23-24,26,28-29H,3-14,18,21-22,25H2,1-2H3/p+1. The number of hydrogen-bond donors (Lipinski definition) is 1. The van der Waals surface area contributed by atoms with Crippen LogP contribution in [0, 0.1) is 5.92 Å². The lowest BCUT2D eigenvalue weighted by Gasteiger charge is -2.25. The van der Waals surface area contributed by atoms with E-state index in [1.165, 1.54) is 108 Å². The minimum Gasteiger partial charge on any atom is -0.250 e. The number of aromatic amines is 1. The van der Waals surface area contributed by atoms with Crippen LogP contribution in [-0.2, 0) is 6.42 Å². The van der Waals surface area contributed by atoms with Crippen LogP contribution in [0.1, 0.15) is 122 Å². The first-order chi connectivity index (χ1) is 15.3. The van der Waals surface area contributed by atoms with Crippen LogP contribution in [0.15, 0.2) is 49.1 Å². The molecule has 1 aromatic heterocycles. The van der Waals surface area contributed by atoms with E-state index in [2.05, 4.69) is 72.5 Å². The van der Waals surface area contributed by atoms with Crippen LogP contribution in [0.3, 0.4) is 0 Å². The van der Waals surface area contributed by atoms with Crippen molar-refractivity contribution < 1.29 is 4.57 Å². The van der Waals surface area contributed by atoms with E-state index in [4.69, 9.17) is 0 Å². The molecule has 2 atom stereocenters. The molecule has 0 saturated carbocycles. The van der Waals surface area contributed by atoms with Gasteiger partial charge < -0.3 is 0 Å². The molecule has 0 aliphatic rings. The summed E-state index contributed by atoms with van der Waals surface area (Å²) in [5.41, 5.74) is 1.49. The molecule has 1 N–H and O–H groups in total. The summed E-state index contributed by atoms with van der Waals surface area (Å²) in [7, 11) is 0. The van der Waals surface area contributed by atoms with Crippen LogP contribution in [0.2, 0.25) is 0 Å². The molecule has 1 heterocycles. The molecule has 174 valence electrons. The fourth-order valence-corrected chi connectivity index (χ4v) is 4.97. The predicted molar refractivity (Wildman–Crippen MR) is 134 cm³/mol. The number of imidazole rings is 1. The van der Waals surface area contributed by atoms with Crippen LogP contribution in [0.25, 0.3) is 0 Å². The van der Waals surface area contributed by atoms with Crippen LogP contribution in [0.4, 0.5) is 0 Å². The van der Waals surface area contributed by atoms with Crippen LogP contribution < -0.4 is 4.57 Å². The first-order valence-corrected chi connectivity index (χ1v) is 13.4. The van der Waals surface area contributed by atoms with Crippen molar-refractivity contribution in [1.82, 2.24) is 4.98 Å². The topological polar surface area (TPSA) is 19.7 Å². The summed E-state index contributed by atoms with van der Waals surface area (Å²) in [6.07, 6.45) is 28.5. The number of nitrogens with zero attached hydrogens (tertiary/aromatic N) is 1. The Kier molecular flexibility index (Phi) is 14.1. The molecule has 0 aliphatic heterocycles. The zero-order valence-corrected chi connectivity index (χ0v) is 20.5. The Hall–Kier alpha value is -1.57. The van der Waals surface area contributed by atoms with Crippen LogP contribution in [-0.4, -0.2) is 4.98 Å². The van der Waals surface area contributed by atoms with E-state index < -0.39 is 0 Å². The van der Waals surface area contributed by atoms with Crippen molar-refractivity contribution in [2.24, 2.45) is 5.92 Å². The molecule has 0 saturated heterocycles. The van der Waals surface area contributed by atoms with Crippen molar-refractivity contribution in [2.75, 3.05) is 0 Å². The normalized spacial score (nSPS) is 13.4. The quantitative estimate of drug-likeness (QED) is 0.172. The molecular formula is C29H49N2+. The number of unbranched alkanes of at least 4 members (excludes halogenated alkanes) is 11. The van der Waals surface area contributed by atoms with Crippen molar-refractivity contribution in [1.29, 1.82) is 0 Å². The highest BCUT2D eigenvalue weighted by atomic mass is 15.1. The molecule has 1 aromatic carbocycles. The van der Waals surface area contributed by atoms with E-state index in [0.717, 1.165) is 0 Å². The zero-order valence-electron chi connectivity index (χ0n) is 20.5. The van der Waals surface area contributed by atoms with Gasteiger partial charge in [0.2, 0.25) is 6.33 Å². The van der Waals surface area contributed by atoms with Crippen molar-refractivity contribution >= 4 is 0 Å². The van der Waals surface area contributed by atoms with Gasteiger partial charge in [0, 0.05) is 5.92 Å². The second-order valence-corrected chi connectivity index (χ2v) is 9.54. The van der Waals surface area contributed by atoms with Gasteiger partial charge >= 0.3 is 0 Å². The Morgan fingerprint density at radius 1 is 0.710 bits per heavy atom. The Morgan fingerprint density at radius 2 is 1.32 bits per heavy atom. The summed E-state index contributed by atoms with van der Waals surface area (Å²) < 4.78 is 2.45. The maximum Gasteiger partial charge on any atom is 0.241 e. The number of rotatable bonds is 19. The van der Waals surface area contributed by atoms with Gasteiger partial charge in [0.15, 0.2) is 0 Å². The van der Waals surface area contributed by atoms with Gasteiger partial charge in [-0.05, 0) is 31.2 Å². The van der Waals surface area contributed by atoms with E-state index in [1.54, 1.807) is 0 Å². The fourth-order valence-electron chi connectivity index (χ4n) is 4.97. The predicted octanol–water partition coefficient (Wildman–Crippen LogP) is 8.59. The summed E-state index contributed by atoms with van der Waals surface area (Å²) in [5.74, 6) is 0.716. The summed E-state index contributed by atoms with van der Waals surface area (Å²) in [6.45, 7) is 4.61. The third-order valence-electron chi connectivity index (χ3n) is 6.87. The van der Waals surface area contributed by atoms with E-state index >= 15 is 0 Å². The number of aromatic nitrogens is 2. The molecule has 0 amide bonds. The van der Waals surface area contributed by atoms with Gasteiger partial charge in [0.25, 0.3) is 0 Å². The first kappa shape index (κ1) is 25.7. The van der Waals surface area contributed by atoms with Gasteiger partial charge in [-0.2, -0.15) is 0 Å². The first-order valence-electron chi connectivity index (χ1n) is 13.4. The van der Waals surface area contributed by atoms with Gasteiger partial charge in [0.05, 0.1) is 0 Å². The van der Waals surface area contributed by atoms with E-state index in [-0.39, 0.29) is 0 Å². The van der Waals surface area contributed by atoms with Gasteiger partial charge in [0.1, 0.15) is 18.4 Å². The molecule has 2 heteroatoms. The van der Waals surface area contributed by atoms with E-state index in [9.17, 15) is 0 Å². The van der Waals surface area contributed by atoms with E-state index in [1.807, 2.05) is 0 Å². The molecule has 2 aromatic rings. The van der Waals surface area contributed by atoms with Crippen molar-refractivity contribution in [2.45, 2.75) is 123 Å². The second-order valence-electron chi connectivity index (χ2n) is 9.54. The largest absolute Gasteiger partial charge is 0.250 e. The molecule has 0 fully saturated rings. The lowest BCUT2D eigenvalue weighted by molar-refractivity contribution is -0.730. The SMILES string of the molecule is CCCCCCCCCCCCCC(Cc1ccccc1)C(CCCC)[n+]1cc[nH]c1. The smallest absolute Gasteiger partial charge is 0.241 e. The number of hydrogen-bond acceptors (Lipinski definition) is 0. The van der Waals surface area contributed by atoms with Gasteiger partial charge in [-0.15, -0.1) is 0 Å². The molecule has 0 spiro atoms. The third kappa shape index (κ3) is 11.0. The lowest BCUT2D eigenvalue weighted by atomic mass is 9.84. The molecule has 0 radical (unpaired) electrons. The van der Waals surface area contributed by atoms with Gasteiger partial charge in [-0.25, -0.2) is 4.57 Å². The maximum absolute atomic E-state index is 3.28. The molecule has 0 aliphatic carbocycles. The van der Waals surface area contributed by atoms with Crippen molar-refractivity contribution in [3.05, 3.63) is 54.6 Å². The summed E-state index contributed by atoms with van der Waals surface area (Å²) in [5, 5.41) is 0.